The second-order valence-electron chi connectivity index (χ2n) is 14.7. The van der Waals surface area contributed by atoms with Gasteiger partial charge in [-0.15, -0.1) is 12.1 Å². The molecule has 0 bridgehead atoms. The van der Waals surface area contributed by atoms with Crippen molar-refractivity contribution in [3.63, 3.8) is 0 Å². The molecule has 0 N–H and O–H groups in total. The third-order valence-corrected chi connectivity index (χ3v) is 10.6. The number of rotatable bonds is 7. The van der Waals surface area contributed by atoms with Crippen LogP contribution in [0.2, 0.25) is 0 Å². The Morgan fingerprint density at radius 1 is 0.460 bits per heavy atom. The second-order valence-corrected chi connectivity index (χ2v) is 14.7. The molecule has 0 saturated carbocycles. The Kier molecular flexibility index (Phi) is 17.3. The number of benzene rings is 9. The summed E-state index contributed by atoms with van der Waals surface area (Å²) in [4.78, 5) is 2.44. The maximum Gasteiger partial charge on any atom is 2.00 e. The summed E-state index contributed by atoms with van der Waals surface area (Å²) in [5.41, 5.74) is 14.2. The molecule has 0 amide bonds. The first-order valence-electron chi connectivity index (χ1n) is 20.9. The third-order valence-electron chi connectivity index (χ3n) is 10.6. The fraction of sp³-hybridized carbons (Fsp3) is 0.0690. The van der Waals surface area contributed by atoms with E-state index in [9.17, 15) is 0 Å². The van der Waals surface area contributed by atoms with Gasteiger partial charge in [0.15, 0.2) is 0 Å². The molecule has 3 nitrogen and oxygen atoms in total. The predicted molar refractivity (Wildman–Crippen MR) is 261 cm³/mol. The molecule has 0 aliphatic carbocycles. The summed E-state index contributed by atoms with van der Waals surface area (Å²) in [5, 5.41) is 0. The standard InChI is InChI=1S/C25H20BNO.C19H16.C7H7O.C7H7.Zn/c1-28-21-17-15-19(16-18-21)26-24-13-7-5-11-22(24)23-12-6-8-14-25(23)27(26)20-9-3-2-4-10-20;1-3-9-16(10-4-1)15-18-13-7-8-14-19(18)17-11-5-2-6-12-17;1-8-7-5-3-2-4-6-7;1-7-5-3-2-4-6-7;/h2-18H,1H3;1-14H,15H2;3-6H,1H3;3-6H,1H3;/q;;2*-1;+2. The van der Waals surface area contributed by atoms with Crippen LogP contribution in [0.4, 0.5) is 11.4 Å². The van der Waals surface area contributed by atoms with Crippen LogP contribution in [-0.2, 0) is 25.9 Å². The number of anilines is 2. The number of aryl methyl sites for hydroxylation is 1. The molecule has 304 valence electrons. The number of ether oxygens (including phenoxy) is 2. The zero-order valence-electron chi connectivity index (χ0n) is 36.3. The fourth-order valence-corrected chi connectivity index (χ4v) is 7.53. The zero-order chi connectivity index (χ0) is 42.8. The van der Waals surface area contributed by atoms with Crippen LogP contribution in [0.25, 0.3) is 22.3 Å². The predicted octanol–water partition coefficient (Wildman–Crippen LogP) is 12.9. The van der Waals surface area contributed by atoms with Crippen LogP contribution in [0.1, 0.15) is 16.7 Å². The smallest absolute Gasteiger partial charge is 0.522 e. The summed E-state index contributed by atoms with van der Waals surface area (Å²) in [5.74, 6) is 1.75. The van der Waals surface area contributed by atoms with Gasteiger partial charge in [0.25, 0.3) is 0 Å². The van der Waals surface area contributed by atoms with Gasteiger partial charge in [-0.3, -0.25) is 0 Å². The molecule has 0 saturated heterocycles. The Morgan fingerprint density at radius 3 is 1.54 bits per heavy atom. The third kappa shape index (κ3) is 12.3. The van der Waals surface area contributed by atoms with E-state index in [1.54, 1.807) is 14.2 Å². The van der Waals surface area contributed by atoms with Crippen molar-refractivity contribution in [2.75, 3.05) is 19.0 Å². The molecule has 1 aliphatic rings. The van der Waals surface area contributed by atoms with E-state index in [4.69, 9.17) is 9.47 Å². The van der Waals surface area contributed by atoms with Crippen molar-refractivity contribution in [3.05, 3.63) is 265 Å². The molecule has 0 fully saturated rings. The molecular formula is C58H50BNO2Zn. The Balaban J connectivity index is 0.000000161. The summed E-state index contributed by atoms with van der Waals surface area (Å²) in [7, 11) is 3.35. The van der Waals surface area contributed by atoms with Crippen LogP contribution < -0.4 is 25.2 Å². The van der Waals surface area contributed by atoms with Crippen molar-refractivity contribution in [2.24, 2.45) is 0 Å². The van der Waals surface area contributed by atoms with E-state index < -0.39 is 0 Å². The van der Waals surface area contributed by atoms with E-state index in [0.29, 0.717) is 0 Å². The molecule has 9 aromatic rings. The van der Waals surface area contributed by atoms with Gasteiger partial charge in [0, 0.05) is 22.7 Å². The number of hydrogen-bond donors (Lipinski definition) is 0. The van der Waals surface area contributed by atoms with Gasteiger partial charge in [-0.2, -0.15) is 54.1 Å². The van der Waals surface area contributed by atoms with Crippen LogP contribution in [0.3, 0.4) is 0 Å². The first kappa shape index (κ1) is 45.6. The van der Waals surface area contributed by atoms with Crippen LogP contribution in [0, 0.1) is 19.1 Å². The molecule has 1 aliphatic heterocycles. The molecule has 0 unspecified atom stereocenters. The number of para-hydroxylation sites is 2. The fourth-order valence-electron chi connectivity index (χ4n) is 7.53. The molecule has 0 aromatic heterocycles. The minimum absolute atomic E-state index is 0. The van der Waals surface area contributed by atoms with E-state index in [1.807, 2.05) is 60.7 Å². The van der Waals surface area contributed by atoms with Crippen molar-refractivity contribution >= 4 is 29.1 Å². The van der Waals surface area contributed by atoms with Gasteiger partial charge in [0.05, 0.1) is 14.2 Å². The van der Waals surface area contributed by atoms with Gasteiger partial charge in [-0.1, -0.05) is 170 Å². The summed E-state index contributed by atoms with van der Waals surface area (Å²) in [6.07, 6.45) is 0.978. The van der Waals surface area contributed by atoms with Gasteiger partial charge < -0.3 is 14.3 Å². The maximum atomic E-state index is 5.38. The van der Waals surface area contributed by atoms with Crippen molar-refractivity contribution in [1.29, 1.82) is 0 Å². The Hall–Kier alpha value is -6.93. The molecule has 0 atom stereocenters. The molecular weight excluding hydrogens is 819 g/mol. The van der Waals surface area contributed by atoms with Crippen LogP contribution in [-0.4, -0.2) is 21.1 Å². The van der Waals surface area contributed by atoms with Crippen LogP contribution in [0.5, 0.6) is 11.5 Å². The number of nitrogens with zero attached hydrogens (tertiary/aromatic N) is 1. The van der Waals surface area contributed by atoms with Crippen molar-refractivity contribution in [2.45, 2.75) is 13.3 Å². The second kappa shape index (κ2) is 23.9. The van der Waals surface area contributed by atoms with Gasteiger partial charge in [-0.05, 0) is 70.0 Å². The summed E-state index contributed by atoms with van der Waals surface area (Å²) in [6.45, 7) is 2.16. The van der Waals surface area contributed by atoms with Gasteiger partial charge in [-0.25, -0.2) is 0 Å². The minimum Gasteiger partial charge on any atom is -0.522 e. The topological polar surface area (TPSA) is 21.7 Å². The minimum atomic E-state index is 0. The zero-order valence-corrected chi connectivity index (χ0v) is 39.2. The number of hydrogen-bond acceptors (Lipinski definition) is 3. The monoisotopic (exact) mass is 867 g/mol. The van der Waals surface area contributed by atoms with Gasteiger partial charge in [0.2, 0.25) is 0 Å². The van der Waals surface area contributed by atoms with E-state index >= 15 is 0 Å². The van der Waals surface area contributed by atoms with E-state index in [2.05, 4.69) is 200 Å². The molecule has 1 heterocycles. The molecule has 10 rings (SSSR count). The van der Waals surface area contributed by atoms with Crippen molar-refractivity contribution < 1.29 is 29.0 Å². The van der Waals surface area contributed by atoms with E-state index in [0.717, 1.165) is 17.9 Å². The molecule has 63 heavy (non-hydrogen) atoms. The average molecular weight is 869 g/mol. The molecule has 9 aromatic carbocycles. The van der Waals surface area contributed by atoms with E-state index in [-0.39, 0.29) is 26.3 Å². The normalized spacial score (nSPS) is 10.7. The van der Waals surface area contributed by atoms with Crippen molar-refractivity contribution in [3.8, 4) is 33.8 Å². The Bertz CT molecular complexity index is 2680. The quantitative estimate of drug-likeness (QED) is 0.118. The van der Waals surface area contributed by atoms with Gasteiger partial charge >= 0.3 is 26.3 Å². The Morgan fingerprint density at radius 2 is 0.952 bits per heavy atom. The van der Waals surface area contributed by atoms with E-state index in [1.165, 1.54) is 61.2 Å². The van der Waals surface area contributed by atoms with Gasteiger partial charge in [0.1, 0.15) is 5.75 Å². The largest absolute Gasteiger partial charge is 2.00 e. The first-order valence-corrected chi connectivity index (χ1v) is 20.9. The number of fused-ring (bicyclic) bond motifs is 3. The summed E-state index contributed by atoms with van der Waals surface area (Å²) in [6, 6.07) is 87.4. The van der Waals surface area contributed by atoms with Crippen LogP contribution in [0.15, 0.2) is 237 Å². The SMILES string of the molecule is COc1cc[c-]cc1.COc1ccc(B2c3ccccc3-c3ccccc3N2c2ccccc2)cc1.Cc1cc[c-]cc1.[Zn+2].c1ccc(Cc2ccccc2-c2ccccc2)cc1. The molecule has 0 radical (unpaired) electrons. The first-order chi connectivity index (χ1) is 30.6. The summed E-state index contributed by atoms with van der Waals surface area (Å²) < 4.78 is 10.3. The number of methoxy groups -OCH3 is 2. The van der Waals surface area contributed by atoms with Crippen LogP contribution >= 0.6 is 0 Å². The maximum absolute atomic E-state index is 5.38. The molecule has 5 heteroatoms. The average Bonchev–Trinajstić information content (AvgIpc) is 3.36. The summed E-state index contributed by atoms with van der Waals surface area (Å²) >= 11 is 0. The van der Waals surface area contributed by atoms with Crippen molar-refractivity contribution in [1.82, 2.24) is 0 Å². The Labute approximate surface area is 387 Å². The molecule has 0 spiro atoms.